The van der Waals surface area contributed by atoms with Crippen molar-refractivity contribution in [3.63, 3.8) is 0 Å². The lowest BCUT2D eigenvalue weighted by Gasteiger charge is -2.15. The monoisotopic (exact) mass is 496 g/mol. The zero-order valence-corrected chi connectivity index (χ0v) is 20.4. The Morgan fingerprint density at radius 1 is 1.03 bits per heavy atom. The Balaban J connectivity index is 1.48. The topological polar surface area (TPSA) is 68.8 Å². The summed E-state index contributed by atoms with van der Waals surface area (Å²) >= 11 is 7.49. The highest BCUT2D eigenvalue weighted by atomic mass is 35.5. The molecule has 0 radical (unpaired) electrons. The molecule has 1 saturated heterocycles. The second-order valence-electron chi connectivity index (χ2n) is 7.38. The first kappa shape index (κ1) is 23.9. The summed E-state index contributed by atoms with van der Waals surface area (Å²) in [6.07, 6.45) is 1.83. The lowest BCUT2D eigenvalue weighted by molar-refractivity contribution is -0.116. The van der Waals surface area contributed by atoms with Crippen LogP contribution < -0.4 is 24.8 Å². The molecule has 0 spiro atoms. The van der Waals surface area contributed by atoms with Crippen LogP contribution in [0.1, 0.15) is 18.1 Å². The van der Waals surface area contributed by atoms with Crippen LogP contribution in [0.3, 0.4) is 0 Å². The molecule has 1 aliphatic heterocycles. The van der Waals surface area contributed by atoms with Crippen LogP contribution in [0.2, 0.25) is 5.02 Å². The average molecular weight is 497 g/mol. The molecule has 1 heterocycles. The van der Waals surface area contributed by atoms with E-state index < -0.39 is 0 Å². The molecule has 4 rings (SSSR count). The van der Waals surface area contributed by atoms with Crippen LogP contribution in [0.15, 0.2) is 71.6 Å². The lowest BCUT2D eigenvalue weighted by Crippen LogP contribution is -2.31. The fourth-order valence-corrected chi connectivity index (χ4v) is 4.54. The second-order valence-corrected chi connectivity index (χ2v) is 8.97. The number of rotatable bonds is 9. The van der Waals surface area contributed by atoms with Gasteiger partial charge in [0.1, 0.15) is 12.4 Å². The standard InChI is InChI=1S/C26H25ClN2O4S/c1-3-32-23-13-18(9-11-22(23)33-16-17-7-5-4-6-8-17)14-24-25(30)29-26(34-24)28-20-15-19(27)10-12-21(20)31-2/h4-15,26,28H,3,16H2,1-2H3,(H,29,30)/b24-14-. The van der Waals surface area contributed by atoms with Gasteiger partial charge in [-0.15, -0.1) is 0 Å². The van der Waals surface area contributed by atoms with E-state index in [-0.39, 0.29) is 11.4 Å². The molecule has 1 amide bonds. The molecule has 1 unspecified atom stereocenters. The van der Waals surface area contributed by atoms with Gasteiger partial charge in [0.2, 0.25) is 0 Å². The van der Waals surface area contributed by atoms with E-state index in [1.165, 1.54) is 11.8 Å². The van der Waals surface area contributed by atoms with Crippen molar-refractivity contribution in [3.05, 3.63) is 87.8 Å². The zero-order chi connectivity index (χ0) is 23.9. The SMILES string of the molecule is CCOc1cc(/C=C2\SC(Nc3cc(Cl)ccc3OC)NC2=O)ccc1OCc1ccccc1. The Kier molecular flexibility index (Phi) is 7.87. The van der Waals surface area contributed by atoms with Crippen molar-refractivity contribution in [1.82, 2.24) is 5.32 Å². The first-order valence-electron chi connectivity index (χ1n) is 10.8. The Labute approximate surface area is 208 Å². The number of hydrogen-bond donors (Lipinski definition) is 2. The van der Waals surface area contributed by atoms with E-state index in [1.54, 1.807) is 25.3 Å². The quantitative estimate of drug-likeness (QED) is 0.358. The minimum absolute atomic E-state index is 0.161. The van der Waals surface area contributed by atoms with Crippen molar-refractivity contribution in [2.75, 3.05) is 19.0 Å². The maximum atomic E-state index is 12.6. The summed E-state index contributed by atoms with van der Waals surface area (Å²) < 4.78 is 17.1. The fourth-order valence-electron chi connectivity index (χ4n) is 3.39. The van der Waals surface area contributed by atoms with Crippen LogP contribution in [0.25, 0.3) is 6.08 Å². The molecule has 176 valence electrons. The number of methoxy groups -OCH3 is 1. The van der Waals surface area contributed by atoms with Gasteiger partial charge in [0.25, 0.3) is 5.91 Å². The second kappa shape index (κ2) is 11.2. The molecule has 1 atom stereocenters. The van der Waals surface area contributed by atoms with Crippen molar-refractivity contribution >= 4 is 41.0 Å². The van der Waals surface area contributed by atoms with E-state index in [1.807, 2.05) is 61.5 Å². The molecule has 6 nitrogen and oxygen atoms in total. The molecule has 3 aromatic rings. The van der Waals surface area contributed by atoms with E-state index in [0.717, 1.165) is 11.1 Å². The van der Waals surface area contributed by atoms with E-state index in [0.29, 0.717) is 46.1 Å². The minimum atomic E-state index is -0.356. The molecule has 8 heteroatoms. The van der Waals surface area contributed by atoms with Crippen LogP contribution in [-0.4, -0.2) is 25.1 Å². The highest BCUT2D eigenvalue weighted by molar-refractivity contribution is 8.05. The smallest absolute Gasteiger partial charge is 0.260 e. The van der Waals surface area contributed by atoms with E-state index in [4.69, 9.17) is 25.8 Å². The third-order valence-corrected chi connectivity index (χ3v) is 6.25. The molecule has 34 heavy (non-hydrogen) atoms. The summed E-state index contributed by atoms with van der Waals surface area (Å²) in [5, 5.41) is 6.76. The molecule has 1 fully saturated rings. The van der Waals surface area contributed by atoms with Crippen LogP contribution in [0.5, 0.6) is 17.2 Å². The first-order valence-corrected chi connectivity index (χ1v) is 12.0. The Morgan fingerprint density at radius 3 is 2.59 bits per heavy atom. The van der Waals surface area contributed by atoms with Crippen LogP contribution in [-0.2, 0) is 11.4 Å². The summed E-state index contributed by atoms with van der Waals surface area (Å²) in [4.78, 5) is 13.2. The largest absolute Gasteiger partial charge is 0.495 e. The van der Waals surface area contributed by atoms with Crippen molar-refractivity contribution in [2.24, 2.45) is 0 Å². The predicted molar refractivity (Wildman–Crippen MR) is 138 cm³/mol. The molecular formula is C26H25ClN2O4S. The lowest BCUT2D eigenvalue weighted by atomic mass is 10.2. The maximum Gasteiger partial charge on any atom is 0.260 e. The van der Waals surface area contributed by atoms with Gasteiger partial charge < -0.3 is 24.8 Å². The number of anilines is 1. The van der Waals surface area contributed by atoms with Gasteiger partial charge in [0.15, 0.2) is 17.0 Å². The summed E-state index contributed by atoms with van der Waals surface area (Å²) in [5.74, 6) is 1.77. The van der Waals surface area contributed by atoms with Crippen molar-refractivity contribution < 1.29 is 19.0 Å². The molecule has 2 N–H and O–H groups in total. The van der Waals surface area contributed by atoms with Gasteiger partial charge in [-0.3, -0.25) is 4.79 Å². The first-order chi connectivity index (χ1) is 16.6. The molecule has 1 aliphatic rings. The zero-order valence-electron chi connectivity index (χ0n) is 18.8. The highest BCUT2D eigenvalue weighted by Gasteiger charge is 2.28. The van der Waals surface area contributed by atoms with Crippen molar-refractivity contribution in [1.29, 1.82) is 0 Å². The fraction of sp³-hybridized carbons (Fsp3) is 0.192. The molecule has 0 aliphatic carbocycles. The van der Waals surface area contributed by atoms with Gasteiger partial charge >= 0.3 is 0 Å². The summed E-state index contributed by atoms with van der Waals surface area (Å²) in [6.45, 7) is 2.87. The van der Waals surface area contributed by atoms with Crippen LogP contribution >= 0.6 is 23.4 Å². The summed E-state index contributed by atoms with van der Waals surface area (Å²) in [7, 11) is 1.59. The van der Waals surface area contributed by atoms with Gasteiger partial charge in [-0.1, -0.05) is 59.8 Å². The summed E-state index contributed by atoms with van der Waals surface area (Å²) in [5.41, 5.74) is 2.26. The van der Waals surface area contributed by atoms with Gasteiger partial charge in [0, 0.05) is 5.02 Å². The Hall–Kier alpha value is -3.29. The number of nitrogens with one attached hydrogen (secondary N) is 2. The summed E-state index contributed by atoms with van der Waals surface area (Å²) in [6, 6.07) is 20.9. The van der Waals surface area contributed by atoms with Gasteiger partial charge in [-0.05, 0) is 54.5 Å². The number of hydrogen-bond acceptors (Lipinski definition) is 6. The Bertz CT molecular complexity index is 1190. The molecule has 0 aromatic heterocycles. The number of halogens is 1. The Morgan fingerprint density at radius 2 is 1.82 bits per heavy atom. The van der Waals surface area contributed by atoms with Gasteiger partial charge in [-0.2, -0.15) is 0 Å². The third-order valence-electron chi connectivity index (χ3n) is 4.98. The molecule has 0 saturated carbocycles. The third kappa shape index (κ3) is 5.98. The minimum Gasteiger partial charge on any atom is -0.495 e. The van der Waals surface area contributed by atoms with E-state index >= 15 is 0 Å². The van der Waals surface area contributed by atoms with Gasteiger partial charge in [-0.25, -0.2) is 0 Å². The number of carbonyl (C=O) groups is 1. The van der Waals surface area contributed by atoms with E-state index in [9.17, 15) is 4.79 Å². The maximum absolute atomic E-state index is 12.6. The van der Waals surface area contributed by atoms with Crippen molar-refractivity contribution in [2.45, 2.75) is 19.0 Å². The van der Waals surface area contributed by atoms with Crippen molar-refractivity contribution in [3.8, 4) is 17.2 Å². The van der Waals surface area contributed by atoms with Crippen LogP contribution in [0, 0.1) is 0 Å². The van der Waals surface area contributed by atoms with Crippen LogP contribution in [0.4, 0.5) is 5.69 Å². The molecular weight excluding hydrogens is 472 g/mol. The highest BCUT2D eigenvalue weighted by Crippen LogP contribution is 2.36. The number of benzene rings is 3. The number of ether oxygens (including phenoxy) is 3. The number of thioether (sulfide) groups is 1. The average Bonchev–Trinajstić information content (AvgIpc) is 3.18. The number of amides is 1. The molecule has 3 aromatic carbocycles. The normalized spacial score (nSPS) is 16.3. The van der Waals surface area contributed by atoms with Gasteiger partial charge in [0.05, 0.1) is 24.3 Å². The molecule has 0 bridgehead atoms. The predicted octanol–water partition coefficient (Wildman–Crippen LogP) is 5.93. The number of carbonyl (C=O) groups excluding carboxylic acids is 1. The van der Waals surface area contributed by atoms with E-state index in [2.05, 4.69) is 10.6 Å².